The van der Waals surface area contributed by atoms with Crippen molar-refractivity contribution in [3.8, 4) is 11.8 Å². The van der Waals surface area contributed by atoms with Gasteiger partial charge in [-0.1, -0.05) is 0 Å². The van der Waals surface area contributed by atoms with E-state index in [-0.39, 0.29) is 0 Å². The van der Waals surface area contributed by atoms with E-state index < -0.39 is 0 Å². The fraction of sp³-hybridized carbons (Fsp3) is 0.111. The van der Waals surface area contributed by atoms with Gasteiger partial charge in [0.25, 0.3) is 0 Å². The van der Waals surface area contributed by atoms with Gasteiger partial charge in [0.2, 0.25) is 0 Å². The first-order valence-electron chi connectivity index (χ1n) is 3.43. The molecule has 0 radical (unpaired) electrons. The summed E-state index contributed by atoms with van der Waals surface area (Å²) in [5, 5.41) is 8.24. The van der Waals surface area contributed by atoms with Crippen LogP contribution in [0.25, 0.3) is 6.08 Å². The Labute approximate surface area is 70.9 Å². The molecular weight excluding hydrogens is 152 g/mol. The van der Waals surface area contributed by atoms with Crippen molar-refractivity contribution in [2.75, 3.05) is 7.11 Å². The molecule has 0 amide bonds. The number of nitriles is 1. The van der Waals surface area contributed by atoms with Crippen LogP contribution in [0, 0.1) is 11.3 Å². The van der Waals surface area contributed by atoms with Gasteiger partial charge >= 0.3 is 0 Å². The van der Waals surface area contributed by atoms with E-state index in [2.05, 4.69) is 4.98 Å². The highest BCUT2D eigenvalue weighted by Gasteiger charge is 1.90. The minimum atomic E-state index is 0.712. The lowest BCUT2D eigenvalue weighted by atomic mass is 10.3. The molecule has 0 unspecified atom stereocenters. The summed E-state index contributed by atoms with van der Waals surface area (Å²) in [6.07, 6.45) is 4.63. The third-order valence-electron chi connectivity index (χ3n) is 1.32. The van der Waals surface area contributed by atoms with Crippen LogP contribution in [0.5, 0.6) is 5.75 Å². The number of ether oxygens (including phenoxy) is 1. The number of nitrogens with zero attached hydrogens (tertiary/aromatic N) is 2. The van der Waals surface area contributed by atoms with Gasteiger partial charge in [-0.15, -0.1) is 0 Å². The normalized spacial score (nSPS) is 9.67. The first-order chi connectivity index (χ1) is 5.86. The lowest BCUT2D eigenvalue weighted by molar-refractivity contribution is 0.413. The fourth-order valence-electron chi connectivity index (χ4n) is 0.734. The highest BCUT2D eigenvalue weighted by Crippen LogP contribution is 2.08. The van der Waals surface area contributed by atoms with E-state index in [0.29, 0.717) is 5.75 Å². The highest BCUT2D eigenvalue weighted by molar-refractivity contribution is 5.48. The summed E-state index contributed by atoms with van der Waals surface area (Å²) in [7, 11) is 1.59. The number of rotatable bonds is 2. The van der Waals surface area contributed by atoms with Crippen molar-refractivity contribution >= 4 is 6.08 Å². The van der Waals surface area contributed by atoms with E-state index in [1.807, 2.05) is 6.07 Å². The number of hydrogen-bond donors (Lipinski definition) is 0. The van der Waals surface area contributed by atoms with Crippen molar-refractivity contribution in [2.45, 2.75) is 0 Å². The number of methoxy groups -OCH3 is 1. The molecule has 0 saturated carbocycles. The van der Waals surface area contributed by atoms with Gasteiger partial charge in [-0.25, -0.2) is 0 Å². The second-order valence-corrected chi connectivity index (χ2v) is 2.09. The SMILES string of the molecule is COc1ccc(/C=C/C#N)nc1. The summed E-state index contributed by atoms with van der Waals surface area (Å²) in [6, 6.07) is 5.47. The number of hydrogen-bond acceptors (Lipinski definition) is 3. The summed E-state index contributed by atoms with van der Waals surface area (Å²) < 4.78 is 4.92. The van der Waals surface area contributed by atoms with E-state index in [9.17, 15) is 0 Å². The van der Waals surface area contributed by atoms with Crippen LogP contribution >= 0.6 is 0 Å². The van der Waals surface area contributed by atoms with Gasteiger partial charge in [0, 0.05) is 6.08 Å². The first kappa shape index (κ1) is 8.28. The third kappa shape index (κ3) is 2.10. The van der Waals surface area contributed by atoms with E-state index in [0.717, 1.165) is 5.69 Å². The molecule has 1 heterocycles. The van der Waals surface area contributed by atoms with E-state index >= 15 is 0 Å². The number of allylic oxidation sites excluding steroid dienone is 1. The van der Waals surface area contributed by atoms with Crippen LogP contribution in [-0.2, 0) is 0 Å². The molecule has 60 valence electrons. The Hall–Kier alpha value is -1.82. The molecule has 0 aliphatic carbocycles. The van der Waals surface area contributed by atoms with Gasteiger partial charge in [0.1, 0.15) is 5.75 Å². The van der Waals surface area contributed by atoms with Crippen LogP contribution in [0.1, 0.15) is 5.69 Å². The van der Waals surface area contributed by atoms with Crippen molar-refractivity contribution in [3.05, 3.63) is 30.1 Å². The Morgan fingerprint density at radius 1 is 1.58 bits per heavy atom. The summed E-state index contributed by atoms with van der Waals surface area (Å²) in [5.74, 6) is 0.712. The molecule has 0 fully saturated rings. The predicted molar refractivity (Wildman–Crippen MR) is 45.4 cm³/mol. The fourth-order valence-corrected chi connectivity index (χ4v) is 0.734. The highest BCUT2D eigenvalue weighted by atomic mass is 16.5. The maximum atomic E-state index is 8.24. The predicted octanol–water partition coefficient (Wildman–Crippen LogP) is 1.63. The average molecular weight is 160 g/mol. The molecule has 12 heavy (non-hydrogen) atoms. The maximum absolute atomic E-state index is 8.24. The van der Waals surface area contributed by atoms with Crippen molar-refractivity contribution in [2.24, 2.45) is 0 Å². The van der Waals surface area contributed by atoms with Gasteiger partial charge in [-0.05, 0) is 18.2 Å². The zero-order valence-electron chi connectivity index (χ0n) is 6.69. The van der Waals surface area contributed by atoms with Gasteiger partial charge in [0.05, 0.1) is 25.1 Å². The summed E-state index contributed by atoms with van der Waals surface area (Å²) in [6.45, 7) is 0. The van der Waals surface area contributed by atoms with E-state index in [1.54, 1.807) is 31.5 Å². The van der Waals surface area contributed by atoms with Gasteiger partial charge in [-0.2, -0.15) is 5.26 Å². The van der Waals surface area contributed by atoms with Crippen molar-refractivity contribution in [1.29, 1.82) is 5.26 Å². The standard InChI is InChI=1S/C9H8N2O/c1-12-9-5-4-8(11-7-9)3-2-6-10/h2-5,7H,1H3/b3-2+. The molecule has 0 N–H and O–H groups in total. The topological polar surface area (TPSA) is 45.9 Å². The molecule has 0 spiro atoms. The van der Waals surface area contributed by atoms with Crippen molar-refractivity contribution in [1.82, 2.24) is 4.98 Å². The van der Waals surface area contributed by atoms with Gasteiger partial charge in [-0.3, -0.25) is 4.98 Å². The summed E-state index contributed by atoms with van der Waals surface area (Å²) >= 11 is 0. The second kappa shape index (κ2) is 4.14. The Bertz CT molecular complexity index is 308. The maximum Gasteiger partial charge on any atom is 0.137 e. The number of pyridine rings is 1. The largest absolute Gasteiger partial charge is 0.495 e. The van der Waals surface area contributed by atoms with Crippen LogP contribution in [0.4, 0.5) is 0 Å². The molecule has 0 aromatic carbocycles. The Morgan fingerprint density at radius 2 is 2.42 bits per heavy atom. The Morgan fingerprint density at radius 3 is 2.92 bits per heavy atom. The molecule has 1 rings (SSSR count). The monoisotopic (exact) mass is 160 g/mol. The number of aromatic nitrogens is 1. The quantitative estimate of drug-likeness (QED) is 0.617. The third-order valence-corrected chi connectivity index (χ3v) is 1.32. The molecular formula is C9H8N2O. The molecule has 1 aromatic rings. The van der Waals surface area contributed by atoms with Crippen molar-refractivity contribution in [3.63, 3.8) is 0 Å². The van der Waals surface area contributed by atoms with Crippen LogP contribution in [0.3, 0.4) is 0 Å². The van der Waals surface area contributed by atoms with E-state index in [4.69, 9.17) is 10.00 Å². The Kier molecular flexibility index (Phi) is 2.86. The zero-order valence-corrected chi connectivity index (χ0v) is 6.69. The van der Waals surface area contributed by atoms with E-state index in [1.165, 1.54) is 6.08 Å². The second-order valence-electron chi connectivity index (χ2n) is 2.09. The molecule has 3 nitrogen and oxygen atoms in total. The molecule has 1 aromatic heterocycles. The summed E-state index contributed by atoms with van der Waals surface area (Å²) in [5.41, 5.74) is 0.748. The van der Waals surface area contributed by atoms with Crippen LogP contribution in [-0.4, -0.2) is 12.1 Å². The molecule has 3 heteroatoms. The van der Waals surface area contributed by atoms with Gasteiger partial charge < -0.3 is 4.74 Å². The lowest BCUT2D eigenvalue weighted by Crippen LogP contribution is -1.84. The first-order valence-corrected chi connectivity index (χ1v) is 3.43. The molecule has 0 aliphatic heterocycles. The van der Waals surface area contributed by atoms with Crippen LogP contribution in [0.15, 0.2) is 24.4 Å². The minimum absolute atomic E-state index is 0.712. The molecule has 0 atom stereocenters. The lowest BCUT2D eigenvalue weighted by Gasteiger charge is -1.97. The molecule has 0 saturated heterocycles. The van der Waals surface area contributed by atoms with Crippen molar-refractivity contribution < 1.29 is 4.74 Å². The zero-order chi connectivity index (χ0) is 8.81. The van der Waals surface area contributed by atoms with Gasteiger partial charge in [0.15, 0.2) is 0 Å². The molecule has 0 aliphatic rings. The Balaban J connectivity index is 2.79. The summed E-state index contributed by atoms with van der Waals surface area (Å²) in [4.78, 5) is 4.02. The van der Waals surface area contributed by atoms with Crippen LogP contribution in [0.2, 0.25) is 0 Å². The minimum Gasteiger partial charge on any atom is -0.495 e. The van der Waals surface area contributed by atoms with Crippen LogP contribution < -0.4 is 4.74 Å². The average Bonchev–Trinajstić information content (AvgIpc) is 2.15. The smallest absolute Gasteiger partial charge is 0.137 e. The molecule has 0 bridgehead atoms.